The van der Waals surface area contributed by atoms with Crippen molar-refractivity contribution in [2.45, 2.75) is 50.1 Å². The molecule has 2 fully saturated rings. The van der Waals surface area contributed by atoms with Crippen molar-refractivity contribution in [1.29, 1.82) is 0 Å². The first-order valence-electron chi connectivity index (χ1n) is 7.16. The summed E-state index contributed by atoms with van der Waals surface area (Å²) in [6.07, 6.45) is 9.38. The highest BCUT2D eigenvalue weighted by Gasteiger charge is 2.38. The molecular weight excluding hydrogens is 238 g/mol. The highest BCUT2D eigenvalue weighted by molar-refractivity contribution is 5.78. The van der Waals surface area contributed by atoms with Crippen LogP contribution in [0.2, 0.25) is 0 Å². The van der Waals surface area contributed by atoms with Gasteiger partial charge in [-0.15, -0.1) is 0 Å². The van der Waals surface area contributed by atoms with E-state index in [-0.39, 0.29) is 17.5 Å². The lowest BCUT2D eigenvalue weighted by molar-refractivity contribution is -0.134. The fourth-order valence-corrected chi connectivity index (χ4v) is 3.21. The summed E-state index contributed by atoms with van der Waals surface area (Å²) in [5.41, 5.74) is 7.17. The summed E-state index contributed by atoms with van der Waals surface area (Å²) in [4.78, 5) is 18.5. The number of rotatable bonds is 3. The van der Waals surface area contributed by atoms with E-state index in [2.05, 4.69) is 4.98 Å². The third-order valence-electron chi connectivity index (χ3n) is 4.52. The third kappa shape index (κ3) is 2.50. The lowest BCUT2D eigenvalue weighted by atomic mass is 9.75. The number of hydrogen-bond donors (Lipinski definition) is 1. The number of carbonyl (C=O) groups excluding carboxylic acids is 1. The Labute approximate surface area is 114 Å². The van der Waals surface area contributed by atoms with Crippen LogP contribution in [-0.2, 0) is 4.79 Å². The molecule has 1 unspecified atom stereocenters. The van der Waals surface area contributed by atoms with Crippen LogP contribution in [0.4, 0.5) is 0 Å². The molecule has 1 aromatic rings. The Balaban J connectivity index is 1.71. The summed E-state index contributed by atoms with van der Waals surface area (Å²) in [5, 5.41) is 0. The first kappa shape index (κ1) is 12.6. The average Bonchev–Trinajstić information content (AvgIpc) is 2.87. The number of pyridine rings is 1. The largest absolute Gasteiger partial charge is 0.336 e. The van der Waals surface area contributed by atoms with Crippen LogP contribution in [-0.4, -0.2) is 27.9 Å². The summed E-state index contributed by atoms with van der Waals surface area (Å²) >= 11 is 0. The van der Waals surface area contributed by atoms with Gasteiger partial charge in [-0.1, -0.05) is 0 Å². The van der Waals surface area contributed by atoms with Crippen LogP contribution in [0.25, 0.3) is 0 Å². The molecule has 4 heteroatoms. The molecule has 0 spiro atoms. The summed E-state index contributed by atoms with van der Waals surface area (Å²) in [5.74, 6) is 0.224. The van der Waals surface area contributed by atoms with Crippen LogP contribution in [0, 0.1) is 0 Å². The van der Waals surface area contributed by atoms with Gasteiger partial charge in [-0.05, 0) is 49.8 Å². The van der Waals surface area contributed by atoms with Crippen LogP contribution in [0.3, 0.4) is 0 Å². The maximum absolute atomic E-state index is 12.5. The fraction of sp³-hybridized carbons (Fsp3) is 0.600. The van der Waals surface area contributed by atoms with E-state index in [9.17, 15) is 4.79 Å². The van der Waals surface area contributed by atoms with Gasteiger partial charge in [0.05, 0.1) is 6.04 Å². The molecule has 102 valence electrons. The van der Waals surface area contributed by atoms with Gasteiger partial charge in [-0.2, -0.15) is 0 Å². The number of nitrogens with two attached hydrogens (primary N) is 1. The number of aromatic nitrogens is 1. The van der Waals surface area contributed by atoms with Gasteiger partial charge in [0.15, 0.2) is 0 Å². The second kappa shape index (κ2) is 4.93. The van der Waals surface area contributed by atoms with Crippen molar-refractivity contribution in [3.05, 3.63) is 30.1 Å². The number of carbonyl (C=O) groups is 1. The Bertz CT molecular complexity index is 456. The van der Waals surface area contributed by atoms with Gasteiger partial charge >= 0.3 is 0 Å². The molecule has 4 nitrogen and oxygen atoms in total. The van der Waals surface area contributed by atoms with Crippen LogP contribution < -0.4 is 5.73 Å². The van der Waals surface area contributed by atoms with Crippen LogP contribution in [0.1, 0.15) is 50.1 Å². The van der Waals surface area contributed by atoms with Gasteiger partial charge in [0.1, 0.15) is 0 Å². The molecule has 2 aliphatic rings. The molecule has 0 radical (unpaired) electrons. The van der Waals surface area contributed by atoms with E-state index in [0.717, 1.165) is 38.6 Å². The Morgan fingerprint density at radius 3 is 2.74 bits per heavy atom. The Hall–Kier alpha value is -1.42. The van der Waals surface area contributed by atoms with Gasteiger partial charge in [-0.25, -0.2) is 0 Å². The number of hydrogen-bond acceptors (Lipinski definition) is 3. The first-order valence-corrected chi connectivity index (χ1v) is 7.16. The summed E-state index contributed by atoms with van der Waals surface area (Å²) in [6, 6.07) is 4.24. The van der Waals surface area contributed by atoms with Gasteiger partial charge in [-0.3, -0.25) is 9.78 Å². The van der Waals surface area contributed by atoms with Gasteiger partial charge in [0.2, 0.25) is 5.91 Å². The molecule has 1 aliphatic heterocycles. The lowest BCUT2D eigenvalue weighted by Gasteiger charge is -2.39. The maximum atomic E-state index is 12.5. The van der Waals surface area contributed by atoms with Crippen molar-refractivity contribution in [1.82, 2.24) is 9.88 Å². The molecule has 1 amide bonds. The molecule has 1 atom stereocenters. The van der Waals surface area contributed by atoms with E-state index in [1.165, 1.54) is 5.56 Å². The summed E-state index contributed by atoms with van der Waals surface area (Å²) in [6.45, 7) is 0.863. The molecule has 1 aromatic heterocycles. The zero-order chi connectivity index (χ0) is 13.3. The zero-order valence-corrected chi connectivity index (χ0v) is 11.2. The number of nitrogens with zero attached hydrogens (tertiary/aromatic N) is 2. The predicted octanol–water partition coefficient (Wildman–Crippen LogP) is 2.02. The van der Waals surface area contributed by atoms with Crippen molar-refractivity contribution in [3.8, 4) is 0 Å². The third-order valence-corrected chi connectivity index (χ3v) is 4.52. The molecule has 2 N–H and O–H groups in total. The SMILES string of the molecule is NC1(CC(=O)N2CCCC2c2ccncc2)CCC1. The first-order chi connectivity index (χ1) is 9.18. The Morgan fingerprint density at radius 2 is 2.11 bits per heavy atom. The van der Waals surface area contributed by atoms with E-state index in [1.54, 1.807) is 12.4 Å². The van der Waals surface area contributed by atoms with E-state index < -0.39 is 0 Å². The summed E-state index contributed by atoms with van der Waals surface area (Å²) < 4.78 is 0. The fourth-order valence-electron chi connectivity index (χ4n) is 3.21. The van der Waals surface area contributed by atoms with E-state index in [1.807, 2.05) is 17.0 Å². The molecule has 0 bridgehead atoms. The minimum absolute atomic E-state index is 0.220. The molecule has 0 aromatic carbocycles. The molecule has 1 saturated heterocycles. The van der Waals surface area contributed by atoms with Crippen LogP contribution >= 0.6 is 0 Å². The van der Waals surface area contributed by atoms with E-state index in [0.29, 0.717) is 6.42 Å². The molecule has 3 rings (SSSR count). The highest BCUT2D eigenvalue weighted by atomic mass is 16.2. The van der Waals surface area contributed by atoms with Crippen molar-refractivity contribution in [3.63, 3.8) is 0 Å². The van der Waals surface area contributed by atoms with E-state index >= 15 is 0 Å². The van der Waals surface area contributed by atoms with Crippen molar-refractivity contribution in [2.75, 3.05) is 6.54 Å². The Morgan fingerprint density at radius 1 is 1.37 bits per heavy atom. The topological polar surface area (TPSA) is 59.2 Å². The smallest absolute Gasteiger partial charge is 0.224 e. The zero-order valence-electron chi connectivity index (χ0n) is 11.2. The van der Waals surface area contributed by atoms with Crippen LogP contribution in [0.5, 0.6) is 0 Å². The van der Waals surface area contributed by atoms with Crippen molar-refractivity contribution >= 4 is 5.91 Å². The minimum Gasteiger partial charge on any atom is -0.336 e. The summed E-state index contributed by atoms with van der Waals surface area (Å²) in [7, 11) is 0. The molecule has 1 aliphatic carbocycles. The molecular formula is C15H21N3O. The lowest BCUT2D eigenvalue weighted by Crippen LogP contribution is -2.50. The van der Waals surface area contributed by atoms with Crippen LogP contribution in [0.15, 0.2) is 24.5 Å². The second-order valence-corrected chi connectivity index (χ2v) is 5.92. The predicted molar refractivity (Wildman–Crippen MR) is 73.3 cm³/mol. The number of amides is 1. The Kier molecular flexibility index (Phi) is 3.27. The standard InChI is InChI=1S/C15H21N3O/c16-15(6-2-7-15)11-14(19)18-10-1-3-13(18)12-4-8-17-9-5-12/h4-5,8-9,13H,1-3,6-7,10-11,16H2. The normalized spacial score (nSPS) is 25.1. The molecule has 19 heavy (non-hydrogen) atoms. The highest BCUT2D eigenvalue weighted by Crippen LogP contribution is 2.36. The second-order valence-electron chi connectivity index (χ2n) is 5.92. The van der Waals surface area contributed by atoms with Crippen molar-refractivity contribution in [2.24, 2.45) is 5.73 Å². The monoisotopic (exact) mass is 259 g/mol. The molecule has 1 saturated carbocycles. The maximum Gasteiger partial charge on any atom is 0.224 e. The van der Waals surface area contributed by atoms with Gasteiger partial charge < -0.3 is 10.6 Å². The quantitative estimate of drug-likeness (QED) is 0.903. The average molecular weight is 259 g/mol. The van der Waals surface area contributed by atoms with E-state index in [4.69, 9.17) is 5.73 Å². The van der Waals surface area contributed by atoms with Gasteiger partial charge in [0.25, 0.3) is 0 Å². The minimum atomic E-state index is -0.220. The number of likely N-dealkylation sites (tertiary alicyclic amines) is 1. The van der Waals surface area contributed by atoms with Crippen molar-refractivity contribution < 1.29 is 4.79 Å². The molecule has 2 heterocycles. The van der Waals surface area contributed by atoms with Gasteiger partial charge in [0, 0.05) is 30.9 Å².